The molecule has 0 radical (unpaired) electrons. The predicted octanol–water partition coefficient (Wildman–Crippen LogP) is 2.92. The Kier molecular flexibility index (Phi) is 4.97. The van der Waals surface area contributed by atoms with Gasteiger partial charge in [0.2, 0.25) is 5.91 Å². The van der Waals surface area contributed by atoms with E-state index in [2.05, 4.69) is 0 Å². The van der Waals surface area contributed by atoms with Gasteiger partial charge in [0.1, 0.15) is 6.04 Å². The zero-order valence-corrected chi connectivity index (χ0v) is 12.4. The van der Waals surface area contributed by atoms with E-state index in [9.17, 15) is 22.8 Å². The van der Waals surface area contributed by atoms with Crippen molar-refractivity contribution < 1.29 is 27.9 Å². The maximum absolute atomic E-state index is 13.1. The molecule has 1 unspecified atom stereocenters. The Morgan fingerprint density at radius 3 is 2.26 bits per heavy atom. The fraction of sp³-hybridized carbons (Fsp3) is 0.500. The SMILES string of the molecule is O=C(CC1(C(=O)O)CCC1)NC(Cc1ccccc1)C(F)(F)F. The van der Waals surface area contributed by atoms with Crippen molar-refractivity contribution in [3.63, 3.8) is 0 Å². The van der Waals surface area contributed by atoms with Crippen LogP contribution in [0.2, 0.25) is 0 Å². The molecule has 4 nitrogen and oxygen atoms in total. The number of alkyl halides is 3. The Balaban J connectivity index is 2.03. The van der Waals surface area contributed by atoms with E-state index in [0.29, 0.717) is 24.8 Å². The van der Waals surface area contributed by atoms with E-state index in [-0.39, 0.29) is 6.42 Å². The number of aliphatic carboxylic acids is 1. The quantitative estimate of drug-likeness (QED) is 0.843. The molecule has 1 aromatic carbocycles. The van der Waals surface area contributed by atoms with Crippen LogP contribution in [0.4, 0.5) is 13.2 Å². The molecule has 2 N–H and O–H groups in total. The number of carbonyl (C=O) groups excluding carboxylic acids is 1. The molecule has 0 heterocycles. The fourth-order valence-electron chi connectivity index (χ4n) is 2.72. The highest BCUT2D eigenvalue weighted by Crippen LogP contribution is 2.44. The molecule has 1 amide bonds. The van der Waals surface area contributed by atoms with Gasteiger partial charge < -0.3 is 10.4 Å². The average molecular weight is 329 g/mol. The molecular weight excluding hydrogens is 311 g/mol. The molecule has 1 aliphatic carbocycles. The summed E-state index contributed by atoms with van der Waals surface area (Å²) >= 11 is 0. The first-order chi connectivity index (χ1) is 10.7. The highest BCUT2D eigenvalue weighted by atomic mass is 19.4. The zero-order chi connectivity index (χ0) is 17.1. The first kappa shape index (κ1) is 17.3. The van der Waals surface area contributed by atoms with Crippen LogP contribution in [0, 0.1) is 5.41 Å². The van der Waals surface area contributed by atoms with Gasteiger partial charge in [0.15, 0.2) is 0 Å². The number of amides is 1. The molecule has 7 heteroatoms. The van der Waals surface area contributed by atoms with Crippen LogP contribution in [0.5, 0.6) is 0 Å². The van der Waals surface area contributed by atoms with Crippen LogP contribution < -0.4 is 5.32 Å². The Morgan fingerprint density at radius 1 is 1.22 bits per heavy atom. The van der Waals surface area contributed by atoms with Crippen molar-refractivity contribution in [2.45, 2.75) is 44.3 Å². The van der Waals surface area contributed by atoms with Gasteiger partial charge in [0, 0.05) is 12.8 Å². The Hall–Kier alpha value is -2.05. The lowest BCUT2D eigenvalue weighted by molar-refractivity contribution is -0.165. The number of hydrogen-bond donors (Lipinski definition) is 2. The average Bonchev–Trinajstić information content (AvgIpc) is 2.42. The van der Waals surface area contributed by atoms with Gasteiger partial charge in [-0.2, -0.15) is 13.2 Å². The van der Waals surface area contributed by atoms with Gasteiger partial charge in [-0.3, -0.25) is 9.59 Å². The molecule has 126 valence electrons. The Labute approximate surface area is 131 Å². The topological polar surface area (TPSA) is 66.4 Å². The van der Waals surface area contributed by atoms with Crippen LogP contribution in [0.15, 0.2) is 30.3 Å². The van der Waals surface area contributed by atoms with E-state index in [4.69, 9.17) is 5.11 Å². The van der Waals surface area contributed by atoms with E-state index >= 15 is 0 Å². The van der Waals surface area contributed by atoms with E-state index in [1.165, 1.54) is 0 Å². The third kappa shape index (κ3) is 4.24. The van der Waals surface area contributed by atoms with Crippen molar-refractivity contribution in [3.05, 3.63) is 35.9 Å². The lowest BCUT2D eigenvalue weighted by Gasteiger charge is -2.37. The Bertz CT molecular complexity index is 568. The van der Waals surface area contributed by atoms with Crippen LogP contribution in [-0.2, 0) is 16.0 Å². The molecule has 1 saturated carbocycles. The normalized spacial score (nSPS) is 17.9. The summed E-state index contributed by atoms with van der Waals surface area (Å²) in [7, 11) is 0. The van der Waals surface area contributed by atoms with E-state index < -0.39 is 35.9 Å². The summed E-state index contributed by atoms with van der Waals surface area (Å²) in [4.78, 5) is 23.1. The maximum Gasteiger partial charge on any atom is 0.408 e. The van der Waals surface area contributed by atoms with Gasteiger partial charge in [-0.15, -0.1) is 0 Å². The van der Waals surface area contributed by atoms with Crippen molar-refractivity contribution in [2.24, 2.45) is 5.41 Å². The summed E-state index contributed by atoms with van der Waals surface area (Å²) in [6, 6.07) is 6.02. The second-order valence-electron chi connectivity index (χ2n) is 5.97. The highest BCUT2D eigenvalue weighted by molar-refractivity contribution is 5.85. The molecule has 1 aromatic rings. The number of rotatable bonds is 6. The van der Waals surface area contributed by atoms with Crippen molar-refractivity contribution >= 4 is 11.9 Å². The molecule has 1 atom stereocenters. The summed E-state index contributed by atoms with van der Waals surface area (Å²) in [6.07, 6.45) is -4.07. The molecule has 1 aliphatic rings. The van der Waals surface area contributed by atoms with E-state index in [0.717, 1.165) is 0 Å². The summed E-state index contributed by atoms with van der Waals surface area (Å²) in [5.74, 6) is -1.99. The van der Waals surface area contributed by atoms with Crippen LogP contribution >= 0.6 is 0 Å². The van der Waals surface area contributed by atoms with Crippen molar-refractivity contribution in [2.75, 3.05) is 0 Å². The Morgan fingerprint density at radius 2 is 1.83 bits per heavy atom. The second-order valence-corrected chi connectivity index (χ2v) is 5.97. The number of carboxylic acid groups (broad SMARTS) is 1. The molecule has 0 spiro atoms. The zero-order valence-electron chi connectivity index (χ0n) is 12.4. The maximum atomic E-state index is 13.1. The lowest BCUT2D eigenvalue weighted by atomic mass is 9.66. The molecule has 23 heavy (non-hydrogen) atoms. The standard InChI is InChI=1S/C16H18F3NO3/c17-16(18,19)12(9-11-5-2-1-3-6-11)20-13(21)10-15(14(22)23)7-4-8-15/h1-3,5-6,12H,4,7-10H2,(H,20,21)(H,22,23). The van der Waals surface area contributed by atoms with Crippen molar-refractivity contribution in [3.8, 4) is 0 Å². The minimum absolute atomic E-state index is 0.325. The second kappa shape index (κ2) is 6.60. The lowest BCUT2D eigenvalue weighted by Crippen LogP contribution is -2.50. The number of halogens is 3. The minimum Gasteiger partial charge on any atom is -0.481 e. The van der Waals surface area contributed by atoms with E-state index in [1.54, 1.807) is 30.3 Å². The summed E-state index contributed by atoms with van der Waals surface area (Å²) < 4.78 is 39.4. The van der Waals surface area contributed by atoms with Gasteiger partial charge in [-0.25, -0.2) is 0 Å². The third-order valence-corrected chi connectivity index (χ3v) is 4.28. The molecule has 2 rings (SSSR count). The molecule has 0 aliphatic heterocycles. The van der Waals surface area contributed by atoms with Crippen molar-refractivity contribution in [1.29, 1.82) is 0 Å². The predicted molar refractivity (Wildman–Crippen MR) is 76.7 cm³/mol. The first-order valence-corrected chi connectivity index (χ1v) is 7.36. The first-order valence-electron chi connectivity index (χ1n) is 7.36. The van der Waals surface area contributed by atoms with Crippen molar-refractivity contribution in [1.82, 2.24) is 5.32 Å². The number of benzene rings is 1. The van der Waals surface area contributed by atoms with Crippen LogP contribution in [0.1, 0.15) is 31.2 Å². The molecule has 1 fully saturated rings. The smallest absolute Gasteiger partial charge is 0.408 e. The van der Waals surface area contributed by atoms with E-state index in [1.807, 2.05) is 5.32 Å². The minimum atomic E-state index is -4.60. The van der Waals surface area contributed by atoms with Crippen LogP contribution in [-0.4, -0.2) is 29.2 Å². The summed E-state index contributed by atoms with van der Waals surface area (Å²) in [5.41, 5.74) is -0.751. The van der Waals surface area contributed by atoms with Gasteiger partial charge in [-0.05, 0) is 18.4 Å². The van der Waals surface area contributed by atoms with Gasteiger partial charge in [0.05, 0.1) is 5.41 Å². The molecule has 0 aromatic heterocycles. The number of carboxylic acids is 1. The number of nitrogens with one attached hydrogen (secondary N) is 1. The van der Waals surface area contributed by atoms with Crippen LogP contribution in [0.25, 0.3) is 0 Å². The van der Waals surface area contributed by atoms with Gasteiger partial charge in [0.25, 0.3) is 0 Å². The molecular formula is C16H18F3NO3. The van der Waals surface area contributed by atoms with Gasteiger partial charge >= 0.3 is 12.1 Å². The summed E-state index contributed by atoms with van der Waals surface area (Å²) in [6.45, 7) is 0. The fourth-order valence-corrected chi connectivity index (χ4v) is 2.72. The number of carbonyl (C=O) groups is 2. The van der Waals surface area contributed by atoms with Gasteiger partial charge in [-0.1, -0.05) is 36.8 Å². The largest absolute Gasteiger partial charge is 0.481 e. The third-order valence-electron chi connectivity index (χ3n) is 4.28. The molecule has 0 bridgehead atoms. The van der Waals surface area contributed by atoms with Crippen LogP contribution in [0.3, 0.4) is 0 Å². The molecule has 0 saturated heterocycles. The summed E-state index contributed by atoms with van der Waals surface area (Å²) in [5, 5.41) is 11.1. The number of hydrogen-bond acceptors (Lipinski definition) is 2. The monoisotopic (exact) mass is 329 g/mol. The highest BCUT2D eigenvalue weighted by Gasteiger charge is 2.47.